The van der Waals surface area contributed by atoms with E-state index in [4.69, 9.17) is 0 Å². The van der Waals surface area contributed by atoms with Crippen LogP contribution in [0.3, 0.4) is 0 Å². The average Bonchev–Trinajstić information content (AvgIpc) is 2.16. The second-order valence-electron chi connectivity index (χ2n) is 3.54. The quantitative estimate of drug-likeness (QED) is 0.728. The van der Waals surface area contributed by atoms with Gasteiger partial charge < -0.3 is 4.80 Å². The second-order valence-corrected chi connectivity index (χ2v) is 5.68. The van der Waals surface area contributed by atoms with Crippen LogP contribution in [0.1, 0.15) is 32.3 Å². The summed E-state index contributed by atoms with van der Waals surface area (Å²) in [5, 5.41) is 1.19. The zero-order chi connectivity index (χ0) is 9.84. The lowest BCUT2D eigenvalue weighted by molar-refractivity contribution is 0.585. The second kappa shape index (κ2) is 4.58. The van der Waals surface area contributed by atoms with Crippen LogP contribution in [0.15, 0.2) is 24.3 Å². The fourth-order valence-corrected chi connectivity index (χ4v) is 2.83. The van der Waals surface area contributed by atoms with Crippen molar-refractivity contribution in [3.8, 4) is 0 Å². The Labute approximate surface area is 82.2 Å². The Morgan fingerprint density at radius 2 is 1.92 bits per heavy atom. The highest BCUT2D eigenvalue weighted by atomic mass is 28.3. The molecule has 0 amide bonds. The third-order valence-electron chi connectivity index (χ3n) is 2.23. The maximum Gasteiger partial charge on any atom is 0.242 e. The summed E-state index contributed by atoms with van der Waals surface area (Å²) in [5.74, 6) is 0.509. The van der Waals surface area contributed by atoms with Gasteiger partial charge in [0.05, 0.1) is 0 Å². The molecule has 0 saturated carbocycles. The summed E-state index contributed by atoms with van der Waals surface area (Å²) in [6.07, 6.45) is 0. The van der Waals surface area contributed by atoms with E-state index in [0.29, 0.717) is 5.92 Å². The van der Waals surface area contributed by atoms with Gasteiger partial charge in [0.1, 0.15) is 0 Å². The summed E-state index contributed by atoms with van der Waals surface area (Å²) >= 11 is 0. The Hall–Kier alpha value is -0.603. The molecule has 1 radical (unpaired) electrons. The first kappa shape index (κ1) is 10.5. The summed E-state index contributed by atoms with van der Waals surface area (Å²) in [6.45, 7) is 6.39. The van der Waals surface area contributed by atoms with E-state index < -0.39 is 9.04 Å². The lowest BCUT2D eigenvalue weighted by Crippen LogP contribution is -2.32. The first-order valence-corrected chi connectivity index (χ1v) is 6.46. The molecule has 0 aliphatic rings. The van der Waals surface area contributed by atoms with Gasteiger partial charge in [-0.1, -0.05) is 45.0 Å². The molecule has 0 heterocycles. The number of hydrogen-bond acceptors (Lipinski definition) is 1. The van der Waals surface area contributed by atoms with Crippen molar-refractivity contribution in [2.45, 2.75) is 32.7 Å². The van der Waals surface area contributed by atoms with Crippen LogP contribution >= 0.6 is 0 Å². The number of benzene rings is 1. The van der Waals surface area contributed by atoms with Gasteiger partial charge in [0.15, 0.2) is 0 Å². The molecule has 1 nitrogen and oxygen atoms in total. The fourth-order valence-electron chi connectivity index (χ4n) is 1.45. The molecule has 0 aliphatic heterocycles. The molecule has 0 fully saturated rings. The standard InChI is InChI=1S/C11H17OSi/c1-4-13(12)11-8-6-5-7-10(11)9(2)3/h5-9,12H,4H2,1-3H3. The third-order valence-corrected chi connectivity index (χ3v) is 3.98. The van der Waals surface area contributed by atoms with Crippen LogP contribution in [0.25, 0.3) is 0 Å². The van der Waals surface area contributed by atoms with Gasteiger partial charge in [0.2, 0.25) is 9.04 Å². The molecular formula is C11H17OSi. The molecule has 0 unspecified atom stereocenters. The summed E-state index contributed by atoms with van der Waals surface area (Å²) in [6, 6.07) is 9.12. The van der Waals surface area contributed by atoms with E-state index in [-0.39, 0.29) is 0 Å². The Bertz CT molecular complexity index is 271. The lowest BCUT2D eigenvalue weighted by Gasteiger charge is -2.14. The first-order chi connectivity index (χ1) is 6.16. The normalized spacial score (nSPS) is 11.2. The van der Waals surface area contributed by atoms with E-state index in [1.54, 1.807) is 0 Å². The van der Waals surface area contributed by atoms with E-state index in [1.807, 2.05) is 19.1 Å². The van der Waals surface area contributed by atoms with Crippen LogP contribution in [-0.2, 0) is 0 Å². The van der Waals surface area contributed by atoms with Crippen molar-refractivity contribution in [3.63, 3.8) is 0 Å². The zero-order valence-electron chi connectivity index (χ0n) is 8.54. The van der Waals surface area contributed by atoms with Crippen molar-refractivity contribution in [2.24, 2.45) is 0 Å². The van der Waals surface area contributed by atoms with Crippen molar-refractivity contribution in [2.75, 3.05) is 0 Å². The summed E-state index contributed by atoms with van der Waals surface area (Å²) in [4.78, 5) is 9.86. The summed E-state index contributed by atoms with van der Waals surface area (Å²) in [7, 11) is -1.28. The first-order valence-electron chi connectivity index (χ1n) is 4.80. The maximum absolute atomic E-state index is 9.86. The van der Waals surface area contributed by atoms with Crippen LogP contribution in [0.2, 0.25) is 6.04 Å². The molecule has 13 heavy (non-hydrogen) atoms. The van der Waals surface area contributed by atoms with E-state index in [1.165, 1.54) is 10.8 Å². The van der Waals surface area contributed by atoms with Crippen LogP contribution in [-0.4, -0.2) is 13.8 Å². The maximum atomic E-state index is 9.86. The monoisotopic (exact) mass is 193 g/mol. The highest BCUT2D eigenvalue weighted by Gasteiger charge is 2.14. The molecule has 2 heteroatoms. The van der Waals surface area contributed by atoms with Gasteiger partial charge in [-0.05, 0) is 22.7 Å². The molecule has 71 valence electrons. The predicted molar refractivity (Wildman–Crippen MR) is 58.6 cm³/mol. The molecule has 1 N–H and O–H groups in total. The predicted octanol–water partition coefficient (Wildman–Crippen LogP) is 2.02. The Morgan fingerprint density at radius 3 is 2.46 bits per heavy atom. The molecule has 1 aromatic carbocycles. The molecule has 0 spiro atoms. The lowest BCUT2D eigenvalue weighted by atomic mass is 10.0. The van der Waals surface area contributed by atoms with Gasteiger partial charge >= 0.3 is 0 Å². The highest BCUT2D eigenvalue weighted by Crippen LogP contribution is 2.12. The van der Waals surface area contributed by atoms with Crippen molar-refractivity contribution in [1.29, 1.82) is 0 Å². The minimum absolute atomic E-state index is 0.509. The van der Waals surface area contributed by atoms with Crippen LogP contribution in [0.5, 0.6) is 0 Å². The van der Waals surface area contributed by atoms with Gasteiger partial charge in [0.25, 0.3) is 0 Å². The summed E-state index contributed by atoms with van der Waals surface area (Å²) < 4.78 is 0. The largest absolute Gasteiger partial charge is 0.427 e. The fraction of sp³-hybridized carbons (Fsp3) is 0.455. The smallest absolute Gasteiger partial charge is 0.242 e. The van der Waals surface area contributed by atoms with Crippen LogP contribution in [0.4, 0.5) is 0 Å². The molecule has 0 aliphatic carbocycles. The van der Waals surface area contributed by atoms with E-state index in [2.05, 4.69) is 26.0 Å². The number of rotatable bonds is 3. The van der Waals surface area contributed by atoms with E-state index in [0.717, 1.165) is 6.04 Å². The Morgan fingerprint density at radius 1 is 1.31 bits per heavy atom. The van der Waals surface area contributed by atoms with Gasteiger partial charge in [-0.3, -0.25) is 0 Å². The number of hydrogen-bond donors (Lipinski definition) is 1. The van der Waals surface area contributed by atoms with Crippen LogP contribution < -0.4 is 5.19 Å². The minimum Gasteiger partial charge on any atom is -0.427 e. The van der Waals surface area contributed by atoms with E-state index >= 15 is 0 Å². The van der Waals surface area contributed by atoms with Crippen LogP contribution in [0, 0.1) is 0 Å². The van der Waals surface area contributed by atoms with Crippen molar-refractivity contribution < 1.29 is 4.80 Å². The molecule has 1 rings (SSSR count). The molecule has 1 aromatic rings. The third kappa shape index (κ3) is 2.42. The van der Waals surface area contributed by atoms with Gasteiger partial charge in [-0.15, -0.1) is 0 Å². The van der Waals surface area contributed by atoms with Crippen molar-refractivity contribution >= 4 is 14.2 Å². The molecule has 0 bridgehead atoms. The molecule has 0 atom stereocenters. The zero-order valence-corrected chi connectivity index (χ0v) is 9.54. The summed E-state index contributed by atoms with van der Waals surface area (Å²) in [5.41, 5.74) is 1.31. The minimum atomic E-state index is -1.28. The molecular weight excluding hydrogens is 176 g/mol. The van der Waals surface area contributed by atoms with Crippen molar-refractivity contribution in [3.05, 3.63) is 29.8 Å². The molecule has 0 aromatic heterocycles. The Balaban J connectivity index is 3.04. The van der Waals surface area contributed by atoms with E-state index in [9.17, 15) is 4.80 Å². The van der Waals surface area contributed by atoms with Gasteiger partial charge in [-0.25, -0.2) is 0 Å². The Kier molecular flexibility index (Phi) is 3.69. The molecule has 0 saturated heterocycles. The van der Waals surface area contributed by atoms with Gasteiger partial charge in [-0.2, -0.15) is 0 Å². The SMILES string of the molecule is CC[Si](O)c1ccccc1C(C)C. The van der Waals surface area contributed by atoms with Gasteiger partial charge in [0, 0.05) is 0 Å². The highest BCUT2D eigenvalue weighted by molar-refractivity contribution is 6.66. The average molecular weight is 193 g/mol. The van der Waals surface area contributed by atoms with Crippen molar-refractivity contribution in [1.82, 2.24) is 0 Å². The topological polar surface area (TPSA) is 20.2 Å².